The molecule has 119 valence electrons. The van der Waals surface area contributed by atoms with Gasteiger partial charge in [-0.05, 0) is 25.7 Å². The lowest BCUT2D eigenvalue weighted by Crippen LogP contribution is -1.80. The van der Waals surface area contributed by atoms with E-state index in [-0.39, 0.29) is 0 Å². The third kappa shape index (κ3) is 17.7. The third-order valence-corrected chi connectivity index (χ3v) is 4.01. The fourth-order valence-corrected chi connectivity index (χ4v) is 2.60. The highest BCUT2D eigenvalue weighted by Crippen LogP contribution is 2.10. The highest BCUT2D eigenvalue weighted by molar-refractivity contribution is 4.81. The Morgan fingerprint density at radius 3 is 1.40 bits per heavy atom. The second-order valence-electron chi connectivity index (χ2n) is 6.14. The Morgan fingerprint density at radius 2 is 0.950 bits per heavy atom. The SMILES string of the molecule is [CH2]CCCCCCCCC/C=C/CCCCCCCC. The Kier molecular flexibility index (Phi) is 18.5. The summed E-state index contributed by atoms with van der Waals surface area (Å²) in [5.41, 5.74) is 0. The molecule has 0 spiro atoms. The molecule has 0 fully saturated rings. The van der Waals surface area contributed by atoms with Gasteiger partial charge in [0.15, 0.2) is 0 Å². The van der Waals surface area contributed by atoms with E-state index in [1.54, 1.807) is 0 Å². The largest absolute Gasteiger partial charge is 0.0885 e. The van der Waals surface area contributed by atoms with Gasteiger partial charge in [-0.3, -0.25) is 0 Å². The molecule has 20 heavy (non-hydrogen) atoms. The summed E-state index contributed by atoms with van der Waals surface area (Å²) in [5, 5.41) is 0. The van der Waals surface area contributed by atoms with Crippen LogP contribution in [0.5, 0.6) is 0 Å². The van der Waals surface area contributed by atoms with Crippen LogP contribution < -0.4 is 0 Å². The zero-order valence-corrected chi connectivity index (χ0v) is 14.2. The summed E-state index contributed by atoms with van der Waals surface area (Å²) < 4.78 is 0. The van der Waals surface area contributed by atoms with Crippen LogP contribution in [0.1, 0.15) is 110 Å². The van der Waals surface area contributed by atoms with E-state index < -0.39 is 0 Å². The fourth-order valence-electron chi connectivity index (χ4n) is 2.60. The van der Waals surface area contributed by atoms with Gasteiger partial charge in [0.2, 0.25) is 0 Å². The molecule has 0 N–H and O–H groups in total. The van der Waals surface area contributed by atoms with E-state index >= 15 is 0 Å². The molecule has 0 aromatic rings. The van der Waals surface area contributed by atoms with E-state index in [0.717, 1.165) is 6.42 Å². The summed E-state index contributed by atoms with van der Waals surface area (Å²) in [7, 11) is 0. The van der Waals surface area contributed by atoms with Crippen LogP contribution >= 0.6 is 0 Å². The van der Waals surface area contributed by atoms with Crippen molar-refractivity contribution in [1.29, 1.82) is 0 Å². The minimum absolute atomic E-state index is 1.11. The van der Waals surface area contributed by atoms with Crippen LogP contribution in [0.15, 0.2) is 12.2 Å². The molecule has 0 rings (SSSR count). The standard InChI is InChI=1S/C20H39/c1-3-5-7-9-11-13-15-17-19-20-18-16-14-12-10-8-6-4-2/h18,20H,1,3-17,19H2,2H3/b20-18+. The Bertz CT molecular complexity index is 180. The Hall–Kier alpha value is -0.260. The number of allylic oxidation sites excluding steroid dienone is 2. The average molecular weight is 280 g/mol. The average Bonchev–Trinajstić information content (AvgIpc) is 2.47. The molecule has 0 amide bonds. The molecule has 0 heterocycles. The molecule has 0 aromatic heterocycles. The first kappa shape index (κ1) is 19.7. The second-order valence-corrected chi connectivity index (χ2v) is 6.14. The number of unbranched alkanes of at least 4 members (excludes halogenated alkanes) is 14. The fraction of sp³-hybridized carbons (Fsp3) is 0.850. The lowest BCUT2D eigenvalue weighted by molar-refractivity contribution is 0.583. The van der Waals surface area contributed by atoms with Gasteiger partial charge >= 0.3 is 0 Å². The van der Waals surface area contributed by atoms with Gasteiger partial charge in [-0.2, -0.15) is 0 Å². The zero-order chi connectivity index (χ0) is 14.7. The normalized spacial score (nSPS) is 11.5. The lowest BCUT2D eigenvalue weighted by atomic mass is 10.1. The molecule has 0 heteroatoms. The molecule has 1 radical (unpaired) electrons. The number of rotatable bonds is 16. The van der Waals surface area contributed by atoms with Crippen LogP contribution in [-0.4, -0.2) is 0 Å². The predicted molar refractivity (Wildman–Crippen MR) is 94.0 cm³/mol. The molecule has 0 aliphatic carbocycles. The molecule has 0 atom stereocenters. The van der Waals surface area contributed by atoms with Crippen molar-refractivity contribution in [2.75, 3.05) is 0 Å². The Labute approximate surface area is 129 Å². The van der Waals surface area contributed by atoms with E-state index in [1.165, 1.54) is 96.3 Å². The van der Waals surface area contributed by atoms with Crippen molar-refractivity contribution in [3.05, 3.63) is 19.1 Å². The van der Waals surface area contributed by atoms with Gasteiger partial charge in [-0.25, -0.2) is 0 Å². The van der Waals surface area contributed by atoms with E-state index in [0.29, 0.717) is 0 Å². The second kappa shape index (κ2) is 18.7. The monoisotopic (exact) mass is 279 g/mol. The van der Waals surface area contributed by atoms with Crippen LogP contribution in [0.2, 0.25) is 0 Å². The van der Waals surface area contributed by atoms with E-state index in [4.69, 9.17) is 0 Å². The molecule has 0 unspecified atom stereocenters. The van der Waals surface area contributed by atoms with Gasteiger partial charge in [0, 0.05) is 0 Å². The molecule has 0 saturated carbocycles. The van der Waals surface area contributed by atoms with Crippen molar-refractivity contribution in [2.24, 2.45) is 0 Å². The summed E-state index contributed by atoms with van der Waals surface area (Å²) in [6.45, 7) is 6.17. The Balaban J connectivity index is 3.01. The summed E-state index contributed by atoms with van der Waals surface area (Å²) >= 11 is 0. The van der Waals surface area contributed by atoms with E-state index in [2.05, 4.69) is 26.0 Å². The van der Waals surface area contributed by atoms with Gasteiger partial charge < -0.3 is 0 Å². The number of hydrogen-bond acceptors (Lipinski definition) is 0. The van der Waals surface area contributed by atoms with E-state index in [1.807, 2.05) is 0 Å². The van der Waals surface area contributed by atoms with Crippen LogP contribution in [0.3, 0.4) is 0 Å². The van der Waals surface area contributed by atoms with Crippen molar-refractivity contribution in [3.8, 4) is 0 Å². The maximum absolute atomic E-state index is 3.89. The summed E-state index contributed by atoms with van der Waals surface area (Å²) in [4.78, 5) is 0. The van der Waals surface area contributed by atoms with Gasteiger partial charge in [0.1, 0.15) is 0 Å². The lowest BCUT2D eigenvalue weighted by Gasteiger charge is -2.00. The van der Waals surface area contributed by atoms with E-state index in [9.17, 15) is 0 Å². The predicted octanol–water partition coefficient (Wildman–Crippen LogP) is 7.64. The third-order valence-electron chi connectivity index (χ3n) is 4.01. The van der Waals surface area contributed by atoms with Crippen LogP contribution in [-0.2, 0) is 0 Å². The topological polar surface area (TPSA) is 0 Å². The first-order chi connectivity index (χ1) is 9.91. The first-order valence-corrected chi connectivity index (χ1v) is 9.36. The van der Waals surface area contributed by atoms with Crippen molar-refractivity contribution < 1.29 is 0 Å². The molecular formula is C20H39. The minimum Gasteiger partial charge on any atom is -0.0885 e. The maximum atomic E-state index is 3.89. The summed E-state index contributed by atoms with van der Waals surface area (Å²) in [6.07, 6.45) is 26.8. The van der Waals surface area contributed by atoms with Crippen molar-refractivity contribution in [1.82, 2.24) is 0 Å². The highest BCUT2D eigenvalue weighted by Gasteiger charge is 1.91. The first-order valence-electron chi connectivity index (χ1n) is 9.36. The van der Waals surface area contributed by atoms with Crippen molar-refractivity contribution >= 4 is 0 Å². The molecule has 0 aromatic carbocycles. The summed E-state index contributed by atoms with van der Waals surface area (Å²) in [6, 6.07) is 0. The number of hydrogen-bond donors (Lipinski definition) is 0. The molecular weight excluding hydrogens is 240 g/mol. The molecule has 0 bridgehead atoms. The van der Waals surface area contributed by atoms with Crippen LogP contribution in [0, 0.1) is 6.92 Å². The smallest absolute Gasteiger partial charge is 0.0351 e. The zero-order valence-electron chi connectivity index (χ0n) is 14.2. The van der Waals surface area contributed by atoms with Gasteiger partial charge in [0.05, 0.1) is 0 Å². The molecule has 0 aliphatic heterocycles. The summed E-state index contributed by atoms with van der Waals surface area (Å²) in [5.74, 6) is 0. The Morgan fingerprint density at radius 1 is 0.550 bits per heavy atom. The highest BCUT2D eigenvalue weighted by atomic mass is 14.0. The molecule has 0 nitrogen and oxygen atoms in total. The van der Waals surface area contributed by atoms with Gasteiger partial charge in [-0.1, -0.05) is 103 Å². The van der Waals surface area contributed by atoms with Crippen molar-refractivity contribution in [3.63, 3.8) is 0 Å². The van der Waals surface area contributed by atoms with Crippen LogP contribution in [0.4, 0.5) is 0 Å². The molecule has 0 aliphatic rings. The molecule has 0 saturated heterocycles. The maximum Gasteiger partial charge on any atom is -0.0351 e. The quantitative estimate of drug-likeness (QED) is 0.201. The van der Waals surface area contributed by atoms with Gasteiger partial charge in [0.25, 0.3) is 0 Å². The van der Waals surface area contributed by atoms with Gasteiger partial charge in [-0.15, -0.1) is 0 Å². The van der Waals surface area contributed by atoms with Crippen molar-refractivity contribution in [2.45, 2.75) is 110 Å². The van der Waals surface area contributed by atoms with Crippen LogP contribution in [0.25, 0.3) is 0 Å². The minimum atomic E-state index is 1.11.